The van der Waals surface area contributed by atoms with Crippen LogP contribution in [0, 0.1) is 0 Å². The Morgan fingerprint density at radius 2 is 1.81 bits per heavy atom. The van der Waals surface area contributed by atoms with Gasteiger partial charge in [-0.2, -0.15) is 0 Å². The van der Waals surface area contributed by atoms with E-state index in [2.05, 4.69) is 15.3 Å². The highest BCUT2D eigenvalue weighted by molar-refractivity contribution is 6.32. The standard InChI is InChI=1S/C11H8ClN3O/c12-10-9(13-6-7-14-10)11(16)15-8-4-2-1-3-5-8/h1-7H,(H,15,16). The Morgan fingerprint density at radius 1 is 1.12 bits per heavy atom. The number of carbonyl (C=O) groups is 1. The molecular formula is C11H8ClN3O. The number of nitrogens with one attached hydrogen (secondary N) is 1. The van der Waals surface area contributed by atoms with Gasteiger partial charge in [0.25, 0.3) is 5.91 Å². The lowest BCUT2D eigenvalue weighted by atomic mass is 10.3. The van der Waals surface area contributed by atoms with Gasteiger partial charge < -0.3 is 5.32 Å². The van der Waals surface area contributed by atoms with Crippen molar-refractivity contribution >= 4 is 23.2 Å². The maximum absolute atomic E-state index is 11.7. The van der Waals surface area contributed by atoms with Crippen LogP contribution < -0.4 is 5.32 Å². The molecule has 0 saturated carbocycles. The number of nitrogens with zero attached hydrogens (tertiary/aromatic N) is 2. The van der Waals surface area contributed by atoms with Crippen LogP contribution in [0.4, 0.5) is 5.69 Å². The van der Waals surface area contributed by atoms with E-state index in [9.17, 15) is 4.79 Å². The van der Waals surface area contributed by atoms with Crippen molar-refractivity contribution in [3.63, 3.8) is 0 Å². The average molecular weight is 234 g/mol. The highest BCUT2D eigenvalue weighted by Gasteiger charge is 2.12. The number of aromatic nitrogens is 2. The van der Waals surface area contributed by atoms with Gasteiger partial charge in [-0.05, 0) is 12.1 Å². The number of carbonyl (C=O) groups excluding carboxylic acids is 1. The van der Waals surface area contributed by atoms with Gasteiger partial charge in [0.05, 0.1) is 0 Å². The van der Waals surface area contributed by atoms with E-state index in [1.54, 1.807) is 12.1 Å². The summed E-state index contributed by atoms with van der Waals surface area (Å²) in [6, 6.07) is 9.08. The van der Waals surface area contributed by atoms with Crippen molar-refractivity contribution in [1.29, 1.82) is 0 Å². The third-order valence-corrected chi connectivity index (χ3v) is 2.18. The molecule has 2 aromatic rings. The Morgan fingerprint density at radius 3 is 2.50 bits per heavy atom. The highest BCUT2D eigenvalue weighted by atomic mass is 35.5. The SMILES string of the molecule is O=C(Nc1ccccc1)c1nccnc1Cl. The lowest BCUT2D eigenvalue weighted by Crippen LogP contribution is -2.14. The van der Waals surface area contributed by atoms with Crippen molar-refractivity contribution in [3.8, 4) is 0 Å². The lowest BCUT2D eigenvalue weighted by Gasteiger charge is -2.04. The fourth-order valence-corrected chi connectivity index (χ4v) is 1.38. The zero-order chi connectivity index (χ0) is 11.4. The fourth-order valence-electron chi connectivity index (χ4n) is 1.19. The topological polar surface area (TPSA) is 54.9 Å². The van der Waals surface area contributed by atoms with Gasteiger partial charge in [0.1, 0.15) is 0 Å². The fraction of sp³-hybridized carbons (Fsp3) is 0. The van der Waals surface area contributed by atoms with E-state index in [1.807, 2.05) is 18.2 Å². The molecule has 1 aromatic carbocycles. The second-order valence-corrected chi connectivity index (χ2v) is 3.37. The van der Waals surface area contributed by atoms with Gasteiger partial charge in [-0.3, -0.25) is 4.79 Å². The Bertz CT molecular complexity index is 502. The summed E-state index contributed by atoms with van der Waals surface area (Å²) in [5.74, 6) is -0.371. The molecule has 1 amide bonds. The van der Waals surface area contributed by atoms with E-state index in [0.29, 0.717) is 5.69 Å². The van der Waals surface area contributed by atoms with E-state index in [4.69, 9.17) is 11.6 Å². The van der Waals surface area contributed by atoms with Crippen LogP contribution in [0.3, 0.4) is 0 Å². The highest BCUT2D eigenvalue weighted by Crippen LogP contribution is 2.12. The molecule has 1 N–H and O–H groups in total. The van der Waals surface area contributed by atoms with Crippen LogP contribution in [0.5, 0.6) is 0 Å². The van der Waals surface area contributed by atoms with E-state index in [0.717, 1.165) is 0 Å². The predicted octanol–water partition coefficient (Wildman–Crippen LogP) is 2.38. The molecule has 16 heavy (non-hydrogen) atoms. The summed E-state index contributed by atoms with van der Waals surface area (Å²) in [5, 5.41) is 2.77. The number of benzene rings is 1. The van der Waals surface area contributed by atoms with Crippen molar-refractivity contribution in [2.24, 2.45) is 0 Å². The van der Waals surface area contributed by atoms with Crippen LogP contribution in [0.15, 0.2) is 42.7 Å². The number of hydrogen-bond donors (Lipinski definition) is 1. The first-order valence-corrected chi connectivity index (χ1v) is 4.98. The zero-order valence-electron chi connectivity index (χ0n) is 8.22. The molecule has 0 aliphatic rings. The van der Waals surface area contributed by atoms with Crippen molar-refractivity contribution < 1.29 is 4.79 Å². The molecule has 5 heteroatoms. The zero-order valence-corrected chi connectivity index (χ0v) is 8.98. The molecular weight excluding hydrogens is 226 g/mol. The predicted molar refractivity (Wildman–Crippen MR) is 61.4 cm³/mol. The Hall–Kier alpha value is -1.94. The van der Waals surface area contributed by atoms with E-state index in [-0.39, 0.29) is 16.8 Å². The molecule has 2 rings (SSSR count). The maximum atomic E-state index is 11.7. The molecule has 0 spiro atoms. The van der Waals surface area contributed by atoms with Gasteiger partial charge in [-0.25, -0.2) is 9.97 Å². The normalized spacial score (nSPS) is 9.81. The minimum atomic E-state index is -0.371. The Balaban J connectivity index is 2.19. The van der Waals surface area contributed by atoms with Crippen molar-refractivity contribution in [2.45, 2.75) is 0 Å². The summed E-state index contributed by atoms with van der Waals surface area (Å²) in [6.07, 6.45) is 2.85. The molecule has 0 saturated heterocycles. The van der Waals surface area contributed by atoms with Gasteiger partial charge in [0.2, 0.25) is 0 Å². The summed E-state index contributed by atoms with van der Waals surface area (Å²) in [5.41, 5.74) is 0.808. The molecule has 0 aliphatic heterocycles. The van der Waals surface area contributed by atoms with Gasteiger partial charge in [0.15, 0.2) is 10.8 Å². The van der Waals surface area contributed by atoms with Crippen LogP contribution in [0.2, 0.25) is 5.15 Å². The summed E-state index contributed by atoms with van der Waals surface area (Å²) in [4.78, 5) is 19.4. The Labute approximate surface area is 97.3 Å². The molecule has 0 aliphatic carbocycles. The first-order valence-electron chi connectivity index (χ1n) is 4.60. The summed E-state index contributed by atoms with van der Waals surface area (Å²) in [7, 11) is 0. The first kappa shape index (κ1) is 10.6. The van der Waals surface area contributed by atoms with Crippen LogP contribution in [0.1, 0.15) is 10.5 Å². The number of rotatable bonds is 2. The second kappa shape index (κ2) is 4.72. The van der Waals surface area contributed by atoms with Crippen molar-refractivity contribution in [1.82, 2.24) is 9.97 Å². The third-order valence-electron chi connectivity index (χ3n) is 1.90. The van der Waals surface area contributed by atoms with Crippen LogP contribution in [0.25, 0.3) is 0 Å². The minimum absolute atomic E-state index is 0.0935. The summed E-state index contributed by atoms with van der Waals surface area (Å²) in [6.45, 7) is 0. The molecule has 0 radical (unpaired) electrons. The molecule has 0 unspecified atom stereocenters. The van der Waals surface area contributed by atoms with Crippen molar-refractivity contribution in [3.05, 3.63) is 53.6 Å². The number of anilines is 1. The molecule has 1 aromatic heterocycles. The first-order chi connectivity index (χ1) is 7.77. The van der Waals surface area contributed by atoms with Gasteiger partial charge >= 0.3 is 0 Å². The average Bonchev–Trinajstić information content (AvgIpc) is 2.31. The van der Waals surface area contributed by atoms with Crippen LogP contribution in [-0.4, -0.2) is 15.9 Å². The quantitative estimate of drug-likeness (QED) is 0.867. The van der Waals surface area contributed by atoms with Crippen LogP contribution in [-0.2, 0) is 0 Å². The molecule has 80 valence electrons. The van der Waals surface area contributed by atoms with E-state index < -0.39 is 0 Å². The van der Waals surface area contributed by atoms with Gasteiger partial charge in [-0.1, -0.05) is 29.8 Å². The van der Waals surface area contributed by atoms with Crippen LogP contribution >= 0.6 is 11.6 Å². The van der Waals surface area contributed by atoms with Crippen molar-refractivity contribution in [2.75, 3.05) is 5.32 Å². The summed E-state index contributed by atoms with van der Waals surface area (Å²) >= 11 is 5.75. The molecule has 0 atom stereocenters. The van der Waals surface area contributed by atoms with E-state index in [1.165, 1.54) is 12.4 Å². The number of amides is 1. The largest absolute Gasteiger partial charge is 0.321 e. The number of halogens is 1. The monoisotopic (exact) mass is 233 g/mol. The smallest absolute Gasteiger partial charge is 0.277 e. The molecule has 0 fully saturated rings. The van der Waals surface area contributed by atoms with E-state index >= 15 is 0 Å². The second-order valence-electron chi connectivity index (χ2n) is 3.02. The third kappa shape index (κ3) is 2.35. The Kier molecular flexibility index (Phi) is 3.12. The number of hydrogen-bond acceptors (Lipinski definition) is 3. The molecule has 4 nitrogen and oxygen atoms in total. The van der Waals surface area contributed by atoms with Gasteiger partial charge in [-0.15, -0.1) is 0 Å². The maximum Gasteiger partial charge on any atom is 0.277 e. The number of para-hydroxylation sites is 1. The van der Waals surface area contributed by atoms with Gasteiger partial charge in [0, 0.05) is 18.1 Å². The molecule has 0 bridgehead atoms. The minimum Gasteiger partial charge on any atom is -0.321 e. The lowest BCUT2D eigenvalue weighted by molar-refractivity contribution is 0.102. The summed E-state index contributed by atoms with van der Waals surface area (Å²) < 4.78 is 0. The molecule has 1 heterocycles.